The van der Waals surface area contributed by atoms with Gasteiger partial charge in [0.1, 0.15) is 0 Å². The Balaban J connectivity index is 2.84. The zero-order valence-electron chi connectivity index (χ0n) is 8.41. The van der Waals surface area contributed by atoms with Crippen molar-refractivity contribution in [2.45, 2.75) is 55.9 Å². The highest BCUT2D eigenvalue weighted by atomic mass is 32.2. The van der Waals surface area contributed by atoms with Crippen molar-refractivity contribution in [2.24, 2.45) is 5.73 Å². The van der Waals surface area contributed by atoms with E-state index in [1.165, 1.54) is 44.9 Å². The second kappa shape index (κ2) is 10.7. The van der Waals surface area contributed by atoms with E-state index in [-0.39, 0.29) is 4.58 Å². The van der Waals surface area contributed by atoms with Crippen LogP contribution in [0.3, 0.4) is 0 Å². The summed E-state index contributed by atoms with van der Waals surface area (Å²) in [6.07, 6.45) is 10.3. The van der Waals surface area contributed by atoms with Crippen molar-refractivity contribution in [1.82, 2.24) is 0 Å². The molecule has 3 heteroatoms. The first-order valence-corrected chi connectivity index (χ1v) is 6.37. The monoisotopic (exact) mass is 221 g/mol. The number of rotatable bonds is 9. The summed E-state index contributed by atoms with van der Waals surface area (Å²) >= 11 is 8.44. The third-order valence-electron chi connectivity index (χ3n) is 2.17. The minimum absolute atomic E-state index is 0.275. The van der Waals surface area contributed by atoms with E-state index in [4.69, 9.17) is 5.73 Å². The summed E-state index contributed by atoms with van der Waals surface area (Å²) in [5.74, 6) is 0. The van der Waals surface area contributed by atoms with Crippen LogP contribution in [-0.2, 0) is 0 Å². The highest BCUT2D eigenvalue weighted by molar-refractivity contribution is 7.99. The molecule has 0 aliphatic heterocycles. The average Bonchev–Trinajstić information content (AvgIpc) is 2.09. The first-order valence-electron chi connectivity index (χ1n) is 5.33. The van der Waals surface area contributed by atoms with Crippen molar-refractivity contribution in [3.05, 3.63) is 0 Å². The maximum Gasteiger partial charge on any atom is 0.0442 e. The van der Waals surface area contributed by atoms with E-state index >= 15 is 0 Å². The lowest BCUT2D eigenvalue weighted by Gasteiger charge is -2.03. The van der Waals surface area contributed by atoms with Crippen molar-refractivity contribution >= 4 is 25.3 Å². The zero-order chi connectivity index (χ0) is 9.94. The standard InChI is InChI=1S/C10H23NS2/c11-9-7-5-3-1-2-4-6-8-10(12)13/h10,12-13H,1-9,11H2. The molecule has 0 aromatic heterocycles. The summed E-state index contributed by atoms with van der Waals surface area (Å²) in [7, 11) is 0. The summed E-state index contributed by atoms with van der Waals surface area (Å²) < 4.78 is 0.275. The molecule has 0 atom stereocenters. The van der Waals surface area contributed by atoms with Crippen molar-refractivity contribution < 1.29 is 0 Å². The normalized spacial score (nSPS) is 11.1. The molecular formula is C10H23NS2. The number of unbranched alkanes of at least 4 members (excludes halogenated alkanes) is 6. The second-order valence-electron chi connectivity index (χ2n) is 3.53. The van der Waals surface area contributed by atoms with E-state index in [0.29, 0.717) is 0 Å². The molecule has 0 bridgehead atoms. The molecule has 0 saturated carbocycles. The Morgan fingerprint density at radius 1 is 0.769 bits per heavy atom. The fraction of sp³-hybridized carbons (Fsp3) is 1.00. The van der Waals surface area contributed by atoms with E-state index in [1.807, 2.05) is 0 Å². The molecule has 2 N–H and O–H groups in total. The fourth-order valence-electron chi connectivity index (χ4n) is 1.36. The second-order valence-corrected chi connectivity index (χ2v) is 5.19. The van der Waals surface area contributed by atoms with E-state index in [9.17, 15) is 0 Å². The lowest BCUT2D eigenvalue weighted by molar-refractivity contribution is 0.577. The molecule has 0 aliphatic carbocycles. The number of nitrogens with two attached hydrogens (primary N) is 1. The molecule has 0 rings (SSSR count). The minimum atomic E-state index is 0.275. The van der Waals surface area contributed by atoms with Crippen LogP contribution in [0.2, 0.25) is 0 Å². The largest absolute Gasteiger partial charge is 0.330 e. The molecule has 0 saturated heterocycles. The maximum absolute atomic E-state index is 5.41. The van der Waals surface area contributed by atoms with Gasteiger partial charge in [-0.2, -0.15) is 25.3 Å². The van der Waals surface area contributed by atoms with Gasteiger partial charge in [-0.1, -0.05) is 38.5 Å². The lowest BCUT2D eigenvalue weighted by Crippen LogP contribution is -1.97. The molecule has 0 aromatic rings. The number of hydrogen-bond acceptors (Lipinski definition) is 3. The Kier molecular flexibility index (Phi) is 11.3. The molecular weight excluding hydrogens is 198 g/mol. The van der Waals surface area contributed by atoms with Gasteiger partial charge in [-0.25, -0.2) is 0 Å². The van der Waals surface area contributed by atoms with Crippen molar-refractivity contribution in [1.29, 1.82) is 0 Å². The quantitative estimate of drug-likeness (QED) is 0.311. The average molecular weight is 221 g/mol. The topological polar surface area (TPSA) is 26.0 Å². The lowest BCUT2D eigenvalue weighted by atomic mass is 10.1. The maximum atomic E-state index is 5.41. The number of hydrogen-bond donors (Lipinski definition) is 3. The van der Waals surface area contributed by atoms with E-state index < -0.39 is 0 Å². The summed E-state index contributed by atoms with van der Waals surface area (Å²) in [6, 6.07) is 0. The van der Waals surface area contributed by atoms with Crippen LogP contribution in [-0.4, -0.2) is 11.1 Å². The van der Waals surface area contributed by atoms with Gasteiger partial charge in [0.25, 0.3) is 0 Å². The van der Waals surface area contributed by atoms with Gasteiger partial charge in [-0.05, 0) is 19.4 Å². The Hall–Kier alpha value is 0.660. The predicted octanol–water partition coefficient (Wildman–Crippen LogP) is 3.25. The first kappa shape index (κ1) is 13.7. The number of thiol groups is 2. The Morgan fingerprint density at radius 3 is 1.69 bits per heavy atom. The minimum Gasteiger partial charge on any atom is -0.330 e. The van der Waals surface area contributed by atoms with Gasteiger partial charge >= 0.3 is 0 Å². The van der Waals surface area contributed by atoms with E-state index in [0.717, 1.165) is 13.0 Å². The van der Waals surface area contributed by atoms with Gasteiger partial charge in [0.15, 0.2) is 0 Å². The first-order chi connectivity index (χ1) is 6.27. The Bertz CT molecular complexity index is 96.9. The smallest absolute Gasteiger partial charge is 0.0442 e. The molecule has 0 radical (unpaired) electrons. The van der Waals surface area contributed by atoms with Crippen molar-refractivity contribution in [3.8, 4) is 0 Å². The summed E-state index contributed by atoms with van der Waals surface area (Å²) in [5, 5.41) is 0. The van der Waals surface area contributed by atoms with E-state index in [2.05, 4.69) is 25.3 Å². The van der Waals surface area contributed by atoms with Crippen LogP contribution in [0, 0.1) is 0 Å². The third-order valence-corrected chi connectivity index (χ3v) is 2.68. The Labute approximate surface area is 93.7 Å². The Morgan fingerprint density at radius 2 is 1.23 bits per heavy atom. The zero-order valence-corrected chi connectivity index (χ0v) is 10.2. The molecule has 0 aromatic carbocycles. The SMILES string of the molecule is NCCCCCCCCCC(S)S. The molecule has 0 heterocycles. The van der Waals surface area contributed by atoms with E-state index in [1.54, 1.807) is 0 Å². The molecule has 0 unspecified atom stereocenters. The van der Waals surface area contributed by atoms with Crippen LogP contribution in [0.1, 0.15) is 51.4 Å². The van der Waals surface area contributed by atoms with Gasteiger partial charge in [0.05, 0.1) is 0 Å². The van der Waals surface area contributed by atoms with Crippen molar-refractivity contribution in [2.75, 3.05) is 6.54 Å². The molecule has 13 heavy (non-hydrogen) atoms. The molecule has 0 fully saturated rings. The van der Waals surface area contributed by atoms with Crippen LogP contribution in [0.25, 0.3) is 0 Å². The van der Waals surface area contributed by atoms with Crippen molar-refractivity contribution in [3.63, 3.8) is 0 Å². The molecule has 0 aliphatic rings. The van der Waals surface area contributed by atoms with Crippen LogP contribution < -0.4 is 5.73 Å². The van der Waals surface area contributed by atoms with Gasteiger partial charge in [0.2, 0.25) is 0 Å². The molecule has 0 spiro atoms. The van der Waals surface area contributed by atoms with Gasteiger partial charge in [-0.3, -0.25) is 0 Å². The van der Waals surface area contributed by atoms with Crippen LogP contribution in [0.5, 0.6) is 0 Å². The summed E-state index contributed by atoms with van der Waals surface area (Å²) in [6.45, 7) is 0.848. The van der Waals surface area contributed by atoms with Crippen LogP contribution in [0.15, 0.2) is 0 Å². The summed E-state index contributed by atoms with van der Waals surface area (Å²) in [4.78, 5) is 0. The van der Waals surface area contributed by atoms with Gasteiger partial charge in [-0.15, -0.1) is 0 Å². The van der Waals surface area contributed by atoms with Gasteiger partial charge in [0, 0.05) is 4.58 Å². The molecule has 80 valence electrons. The molecule has 1 nitrogen and oxygen atoms in total. The molecule has 0 amide bonds. The van der Waals surface area contributed by atoms with Crippen LogP contribution in [0.4, 0.5) is 0 Å². The summed E-state index contributed by atoms with van der Waals surface area (Å²) in [5.41, 5.74) is 5.41. The van der Waals surface area contributed by atoms with Gasteiger partial charge < -0.3 is 5.73 Å². The third kappa shape index (κ3) is 12.7. The highest BCUT2D eigenvalue weighted by Crippen LogP contribution is 2.13. The predicted molar refractivity (Wildman–Crippen MR) is 67.8 cm³/mol. The fourth-order valence-corrected chi connectivity index (χ4v) is 1.72. The highest BCUT2D eigenvalue weighted by Gasteiger charge is 1.95. The van der Waals surface area contributed by atoms with Crippen LogP contribution >= 0.6 is 25.3 Å².